The molecule has 2 heterocycles. The molecule has 2 N–H and O–H groups in total. The van der Waals surface area contributed by atoms with Crippen LogP contribution in [0.2, 0.25) is 0 Å². The van der Waals surface area contributed by atoms with Crippen molar-refractivity contribution in [3.05, 3.63) is 42.2 Å². The molecule has 1 aromatic carbocycles. The van der Waals surface area contributed by atoms with Gasteiger partial charge in [-0.2, -0.15) is 9.90 Å². The molecule has 0 spiro atoms. The zero-order chi connectivity index (χ0) is 15.4. The SMILES string of the molecule is CC(NC(=O)c1cnn(-c2ccccc2)n1)C1CCCNC1. The molecule has 1 aliphatic rings. The van der Waals surface area contributed by atoms with Crippen molar-refractivity contribution >= 4 is 5.91 Å². The van der Waals surface area contributed by atoms with E-state index >= 15 is 0 Å². The molecule has 6 nitrogen and oxygen atoms in total. The first-order chi connectivity index (χ1) is 10.7. The van der Waals surface area contributed by atoms with Gasteiger partial charge < -0.3 is 10.6 Å². The lowest BCUT2D eigenvalue weighted by Gasteiger charge is -2.28. The van der Waals surface area contributed by atoms with Crippen LogP contribution < -0.4 is 10.6 Å². The fourth-order valence-corrected chi connectivity index (χ4v) is 2.76. The van der Waals surface area contributed by atoms with Gasteiger partial charge in [0.2, 0.25) is 0 Å². The zero-order valence-electron chi connectivity index (χ0n) is 12.7. The van der Waals surface area contributed by atoms with Crippen molar-refractivity contribution in [2.24, 2.45) is 5.92 Å². The van der Waals surface area contributed by atoms with Crippen molar-refractivity contribution in [3.8, 4) is 5.69 Å². The number of nitrogens with one attached hydrogen (secondary N) is 2. The number of hydrogen-bond donors (Lipinski definition) is 2. The molecule has 116 valence electrons. The first kappa shape index (κ1) is 14.7. The standard InChI is InChI=1S/C16H21N5O/c1-12(13-6-5-9-17-10-13)19-16(22)15-11-18-21(20-15)14-7-3-2-4-8-14/h2-4,7-8,11-13,17H,5-6,9-10H2,1H3,(H,19,22). The van der Waals surface area contributed by atoms with Gasteiger partial charge in [0.25, 0.3) is 5.91 Å². The highest BCUT2D eigenvalue weighted by atomic mass is 16.2. The molecule has 1 fully saturated rings. The highest BCUT2D eigenvalue weighted by Crippen LogP contribution is 2.14. The minimum Gasteiger partial charge on any atom is -0.348 e. The van der Waals surface area contributed by atoms with Gasteiger partial charge in [-0.1, -0.05) is 18.2 Å². The summed E-state index contributed by atoms with van der Waals surface area (Å²) in [6.45, 7) is 4.08. The van der Waals surface area contributed by atoms with Crippen LogP contribution in [0.4, 0.5) is 0 Å². The van der Waals surface area contributed by atoms with Crippen LogP contribution in [0.15, 0.2) is 36.5 Å². The van der Waals surface area contributed by atoms with Crippen molar-refractivity contribution in [2.45, 2.75) is 25.8 Å². The maximum atomic E-state index is 12.3. The predicted molar refractivity (Wildman–Crippen MR) is 83.9 cm³/mol. The number of hydrogen-bond acceptors (Lipinski definition) is 4. The first-order valence-electron chi connectivity index (χ1n) is 7.73. The first-order valence-corrected chi connectivity index (χ1v) is 7.73. The lowest BCUT2D eigenvalue weighted by molar-refractivity contribution is 0.0916. The van der Waals surface area contributed by atoms with E-state index in [0.29, 0.717) is 11.6 Å². The molecule has 1 aliphatic heterocycles. The van der Waals surface area contributed by atoms with E-state index in [0.717, 1.165) is 31.6 Å². The van der Waals surface area contributed by atoms with Crippen molar-refractivity contribution in [2.75, 3.05) is 13.1 Å². The summed E-state index contributed by atoms with van der Waals surface area (Å²) < 4.78 is 0. The van der Waals surface area contributed by atoms with Crippen LogP contribution in [0.25, 0.3) is 5.69 Å². The van der Waals surface area contributed by atoms with E-state index in [-0.39, 0.29) is 11.9 Å². The summed E-state index contributed by atoms with van der Waals surface area (Å²) in [5, 5.41) is 14.8. The van der Waals surface area contributed by atoms with Crippen LogP contribution in [0.1, 0.15) is 30.3 Å². The zero-order valence-corrected chi connectivity index (χ0v) is 12.7. The second-order valence-electron chi connectivity index (χ2n) is 5.72. The molecule has 2 unspecified atom stereocenters. The number of aromatic nitrogens is 3. The second-order valence-corrected chi connectivity index (χ2v) is 5.72. The average Bonchev–Trinajstić information content (AvgIpc) is 3.06. The summed E-state index contributed by atoms with van der Waals surface area (Å²) in [6, 6.07) is 9.69. The average molecular weight is 299 g/mol. The molecule has 0 radical (unpaired) electrons. The van der Waals surface area contributed by atoms with Crippen LogP contribution in [0, 0.1) is 5.92 Å². The Bertz CT molecular complexity index is 618. The van der Waals surface area contributed by atoms with Crippen LogP contribution in [0.5, 0.6) is 0 Å². The van der Waals surface area contributed by atoms with E-state index in [2.05, 4.69) is 27.8 Å². The van der Waals surface area contributed by atoms with Crippen molar-refractivity contribution in [3.63, 3.8) is 0 Å². The number of rotatable bonds is 4. The van der Waals surface area contributed by atoms with E-state index in [1.807, 2.05) is 30.3 Å². The minimum atomic E-state index is -0.166. The molecule has 0 bridgehead atoms. The number of piperidine rings is 1. The fourth-order valence-electron chi connectivity index (χ4n) is 2.76. The molecule has 2 aromatic rings. The largest absolute Gasteiger partial charge is 0.348 e. The van der Waals surface area contributed by atoms with Crippen LogP contribution >= 0.6 is 0 Å². The molecule has 1 saturated heterocycles. The van der Waals surface area contributed by atoms with Gasteiger partial charge in [-0.05, 0) is 50.9 Å². The number of nitrogens with zero attached hydrogens (tertiary/aromatic N) is 3. The van der Waals surface area contributed by atoms with E-state index in [4.69, 9.17) is 0 Å². The summed E-state index contributed by atoms with van der Waals surface area (Å²) in [7, 11) is 0. The van der Waals surface area contributed by atoms with Gasteiger partial charge in [-0.3, -0.25) is 4.79 Å². The van der Waals surface area contributed by atoms with E-state index in [9.17, 15) is 4.79 Å². The number of para-hydroxylation sites is 1. The van der Waals surface area contributed by atoms with E-state index < -0.39 is 0 Å². The van der Waals surface area contributed by atoms with Gasteiger partial charge >= 0.3 is 0 Å². The Labute approximate surface area is 129 Å². The topological polar surface area (TPSA) is 71.8 Å². The number of amides is 1. The molecule has 2 atom stereocenters. The Kier molecular flexibility index (Phi) is 4.48. The molecule has 1 amide bonds. The van der Waals surface area contributed by atoms with E-state index in [1.54, 1.807) is 0 Å². The minimum absolute atomic E-state index is 0.127. The number of carbonyl (C=O) groups is 1. The molecule has 6 heteroatoms. The summed E-state index contributed by atoms with van der Waals surface area (Å²) in [5.74, 6) is 0.308. The highest BCUT2D eigenvalue weighted by molar-refractivity contribution is 5.92. The molecule has 22 heavy (non-hydrogen) atoms. The molecular formula is C16H21N5O. The number of benzene rings is 1. The fraction of sp³-hybridized carbons (Fsp3) is 0.438. The van der Waals surface area contributed by atoms with Crippen molar-refractivity contribution < 1.29 is 4.79 Å². The Morgan fingerprint density at radius 2 is 2.23 bits per heavy atom. The molecule has 0 aliphatic carbocycles. The van der Waals surface area contributed by atoms with Gasteiger partial charge in [0.05, 0.1) is 11.9 Å². The Balaban J connectivity index is 1.64. The summed E-state index contributed by atoms with van der Waals surface area (Å²) in [5.41, 5.74) is 1.19. The Morgan fingerprint density at radius 3 is 2.95 bits per heavy atom. The summed E-state index contributed by atoms with van der Waals surface area (Å²) in [6.07, 6.45) is 3.81. The maximum Gasteiger partial charge on any atom is 0.273 e. The van der Waals surface area contributed by atoms with Gasteiger partial charge in [0, 0.05) is 6.04 Å². The summed E-state index contributed by atoms with van der Waals surface area (Å²) >= 11 is 0. The van der Waals surface area contributed by atoms with Crippen LogP contribution in [-0.2, 0) is 0 Å². The normalized spacial score (nSPS) is 19.6. The highest BCUT2D eigenvalue weighted by Gasteiger charge is 2.22. The monoisotopic (exact) mass is 299 g/mol. The quantitative estimate of drug-likeness (QED) is 0.895. The molecule has 3 rings (SSSR count). The van der Waals surface area contributed by atoms with Crippen molar-refractivity contribution in [1.29, 1.82) is 0 Å². The van der Waals surface area contributed by atoms with Gasteiger partial charge in [-0.15, -0.1) is 5.10 Å². The lowest BCUT2D eigenvalue weighted by Crippen LogP contribution is -2.44. The third kappa shape index (κ3) is 3.33. The van der Waals surface area contributed by atoms with Gasteiger partial charge in [0.1, 0.15) is 0 Å². The van der Waals surface area contributed by atoms with E-state index in [1.165, 1.54) is 11.0 Å². The summed E-state index contributed by atoms with van der Waals surface area (Å²) in [4.78, 5) is 13.8. The Hall–Kier alpha value is -2.21. The van der Waals surface area contributed by atoms with Gasteiger partial charge in [0.15, 0.2) is 5.69 Å². The molecule has 0 saturated carbocycles. The smallest absolute Gasteiger partial charge is 0.273 e. The molecular weight excluding hydrogens is 278 g/mol. The molecule has 1 aromatic heterocycles. The van der Waals surface area contributed by atoms with Crippen molar-refractivity contribution in [1.82, 2.24) is 25.6 Å². The third-order valence-electron chi connectivity index (χ3n) is 4.11. The Morgan fingerprint density at radius 1 is 1.41 bits per heavy atom. The van der Waals surface area contributed by atoms with Crippen LogP contribution in [0.3, 0.4) is 0 Å². The third-order valence-corrected chi connectivity index (χ3v) is 4.11. The second kappa shape index (κ2) is 6.70. The lowest BCUT2D eigenvalue weighted by atomic mass is 9.93. The maximum absolute atomic E-state index is 12.3. The number of carbonyl (C=O) groups excluding carboxylic acids is 1. The van der Waals surface area contributed by atoms with Gasteiger partial charge in [-0.25, -0.2) is 0 Å². The van der Waals surface area contributed by atoms with Crippen LogP contribution in [-0.4, -0.2) is 40.0 Å². The predicted octanol–water partition coefficient (Wildman–Crippen LogP) is 1.39.